The molecule has 0 saturated heterocycles. The smallest absolute Gasteiger partial charge is 0.137 e. The van der Waals surface area contributed by atoms with Gasteiger partial charge in [0, 0.05) is 6.54 Å². The summed E-state index contributed by atoms with van der Waals surface area (Å²) in [5, 5.41) is 3.47. The first-order chi connectivity index (χ1) is 8.68. The van der Waals surface area contributed by atoms with Crippen LogP contribution in [0, 0.1) is 17.7 Å². The fourth-order valence-electron chi connectivity index (χ4n) is 2.77. The Kier molecular flexibility index (Phi) is 5.19. The zero-order valence-corrected chi connectivity index (χ0v) is 12.5. The molecule has 0 heterocycles. The van der Waals surface area contributed by atoms with Crippen molar-refractivity contribution < 1.29 is 4.39 Å². The standard InChI is InChI=1S/C15H21BrFN/c1-11-5-2-3-6-12(11)9-18-10-13-7-4-8-14(17)15(13)16/h4,7-8,11-12,18H,2-3,5-6,9-10H2,1H3. The van der Waals surface area contributed by atoms with Crippen LogP contribution in [0.5, 0.6) is 0 Å². The first kappa shape index (κ1) is 14.0. The summed E-state index contributed by atoms with van der Waals surface area (Å²) >= 11 is 3.30. The van der Waals surface area contributed by atoms with E-state index in [9.17, 15) is 4.39 Å². The van der Waals surface area contributed by atoms with Gasteiger partial charge in [-0.15, -0.1) is 0 Å². The van der Waals surface area contributed by atoms with Crippen LogP contribution in [0.25, 0.3) is 0 Å². The van der Waals surface area contributed by atoms with Crippen LogP contribution in [0.4, 0.5) is 4.39 Å². The lowest BCUT2D eigenvalue weighted by molar-refractivity contribution is 0.247. The maximum absolute atomic E-state index is 13.3. The van der Waals surface area contributed by atoms with E-state index < -0.39 is 0 Å². The van der Waals surface area contributed by atoms with Gasteiger partial charge in [-0.25, -0.2) is 4.39 Å². The molecule has 2 rings (SSSR count). The molecule has 0 radical (unpaired) electrons. The molecule has 2 atom stereocenters. The molecule has 0 amide bonds. The van der Waals surface area contributed by atoms with Crippen molar-refractivity contribution in [3.63, 3.8) is 0 Å². The predicted octanol–water partition coefficient (Wildman–Crippen LogP) is 4.50. The maximum atomic E-state index is 13.3. The molecule has 0 spiro atoms. The molecule has 1 N–H and O–H groups in total. The second-order valence-corrected chi connectivity index (χ2v) is 6.16. The van der Waals surface area contributed by atoms with Gasteiger partial charge in [0.25, 0.3) is 0 Å². The molecule has 3 heteroatoms. The average molecular weight is 314 g/mol. The molecule has 0 aromatic heterocycles. The van der Waals surface area contributed by atoms with Gasteiger partial charge in [-0.05, 0) is 52.4 Å². The molecule has 100 valence electrons. The highest BCUT2D eigenvalue weighted by Gasteiger charge is 2.20. The second kappa shape index (κ2) is 6.67. The summed E-state index contributed by atoms with van der Waals surface area (Å²) in [4.78, 5) is 0. The number of nitrogens with one attached hydrogen (secondary N) is 1. The molecule has 1 nitrogen and oxygen atoms in total. The van der Waals surface area contributed by atoms with E-state index >= 15 is 0 Å². The van der Waals surface area contributed by atoms with Crippen molar-refractivity contribution in [1.29, 1.82) is 0 Å². The number of halogens is 2. The zero-order chi connectivity index (χ0) is 13.0. The summed E-state index contributed by atoms with van der Waals surface area (Å²) in [7, 11) is 0. The molecular formula is C15H21BrFN. The SMILES string of the molecule is CC1CCCCC1CNCc1cccc(F)c1Br. The lowest BCUT2D eigenvalue weighted by atomic mass is 9.80. The van der Waals surface area contributed by atoms with E-state index in [0.29, 0.717) is 4.47 Å². The molecule has 1 aliphatic carbocycles. The van der Waals surface area contributed by atoms with Gasteiger partial charge in [-0.1, -0.05) is 38.3 Å². The van der Waals surface area contributed by atoms with Crippen LogP contribution in [-0.2, 0) is 6.54 Å². The third-order valence-electron chi connectivity index (χ3n) is 4.04. The van der Waals surface area contributed by atoms with E-state index in [-0.39, 0.29) is 5.82 Å². The van der Waals surface area contributed by atoms with Crippen LogP contribution in [0.1, 0.15) is 38.2 Å². The highest BCUT2D eigenvalue weighted by Crippen LogP contribution is 2.29. The van der Waals surface area contributed by atoms with Crippen LogP contribution in [0.15, 0.2) is 22.7 Å². The van der Waals surface area contributed by atoms with Crippen molar-refractivity contribution in [3.05, 3.63) is 34.1 Å². The minimum Gasteiger partial charge on any atom is -0.312 e. The first-order valence-electron chi connectivity index (χ1n) is 6.82. The molecular weight excluding hydrogens is 293 g/mol. The lowest BCUT2D eigenvalue weighted by Gasteiger charge is -2.29. The normalized spacial score (nSPS) is 24.2. The first-order valence-corrected chi connectivity index (χ1v) is 7.61. The maximum Gasteiger partial charge on any atom is 0.137 e. The average Bonchev–Trinajstić information content (AvgIpc) is 2.37. The molecule has 0 aliphatic heterocycles. The summed E-state index contributed by atoms with van der Waals surface area (Å²) in [6.07, 6.45) is 5.43. The van der Waals surface area contributed by atoms with Gasteiger partial charge in [0.2, 0.25) is 0 Å². The number of hydrogen-bond acceptors (Lipinski definition) is 1. The van der Waals surface area contributed by atoms with Crippen molar-refractivity contribution in [2.45, 2.75) is 39.2 Å². The minimum absolute atomic E-state index is 0.180. The van der Waals surface area contributed by atoms with Gasteiger partial charge in [0.05, 0.1) is 4.47 Å². The van der Waals surface area contributed by atoms with Gasteiger partial charge in [-0.2, -0.15) is 0 Å². The van der Waals surface area contributed by atoms with Gasteiger partial charge in [0.15, 0.2) is 0 Å². The van der Waals surface area contributed by atoms with Crippen LogP contribution >= 0.6 is 15.9 Å². The largest absolute Gasteiger partial charge is 0.312 e. The minimum atomic E-state index is -0.180. The highest BCUT2D eigenvalue weighted by atomic mass is 79.9. The van der Waals surface area contributed by atoms with Crippen LogP contribution in [0.3, 0.4) is 0 Å². The Bertz CT molecular complexity index is 394. The van der Waals surface area contributed by atoms with Crippen molar-refractivity contribution in [2.75, 3.05) is 6.54 Å². The summed E-state index contributed by atoms with van der Waals surface area (Å²) < 4.78 is 13.9. The third kappa shape index (κ3) is 3.55. The van der Waals surface area contributed by atoms with Gasteiger partial charge >= 0.3 is 0 Å². The van der Waals surface area contributed by atoms with Crippen LogP contribution < -0.4 is 5.32 Å². The molecule has 0 bridgehead atoms. The Hall–Kier alpha value is -0.410. The Morgan fingerprint density at radius 1 is 1.33 bits per heavy atom. The van der Waals surface area contributed by atoms with Gasteiger partial charge < -0.3 is 5.32 Å². The third-order valence-corrected chi connectivity index (χ3v) is 4.93. The topological polar surface area (TPSA) is 12.0 Å². The summed E-state index contributed by atoms with van der Waals surface area (Å²) in [6, 6.07) is 5.21. The summed E-state index contributed by atoms with van der Waals surface area (Å²) in [6.45, 7) is 4.13. The highest BCUT2D eigenvalue weighted by molar-refractivity contribution is 9.10. The Labute approximate surface area is 117 Å². The summed E-state index contributed by atoms with van der Waals surface area (Å²) in [5.41, 5.74) is 0.999. The Balaban J connectivity index is 1.83. The van der Waals surface area contributed by atoms with Gasteiger partial charge in [0.1, 0.15) is 5.82 Å². The van der Waals surface area contributed by atoms with E-state index in [0.717, 1.165) is 30.5 Å². The van der Waals surface area contributed by atoms with E-state index in [1.165, 1.54) is 31.7 Å². The quantitative estimate of drug-likeness (QED) is 0.862. The monoisotopic (exact) mass is 313 g/mol. The van der Waals surface area contributed by atoms with Crippen molar-refractivity contribution >= 4 is 15.9 Å². The molecule has 1 aromatic rings. The zero-order valence-electron chi connectivity index (χ0n) is 10.9. The van der Waals surface area contributed by atoms with Crippen molar-refractivity contribution in [3.8, 4) is 0 Å². The van der Waals surface area contributed by atoms with Gasteiger partial charge in [-0.3, -0.25) is 0 Å². The molecule has 1 saturated carbocycles. The Morgan fingerprint density at radius 2 is 2.11 bits per heavy atom. The van der Waals surface area contributed by atoms with Crippen LogP contribution in [0.2, 0.25) is 0 Å². The molecule has 1 aliphatic rings. The Morgan fingerprint density at radius 3 is 2.89 bits per heavy atom. The van der Waals surface area contributed by atoms with Crippen molar-refractivity contribution in [2.24, 2.45) is 11.8 Å². The number of rotatable bonds is 4. The van der Waals surface area contributed by atoms with Crippen molar-refractivity contribution in [1.82, 2.24) is 5.32 Å². The van der Waals surface area contributed by atoms with E-state index in [2.05, 4.69) is 28.2 Å². The summed E-state index contributed by atoms with van der Waals surface area (Å²) in [5.74, 6) is 1.42. The van der Waals surface area contributed by atoms with Crippen LogP contribution in [-0.4, -0.2) is 6.54 Å². The second-order valence-electron chi connectivity index (χ2n) is 5.37. The van der Waals surface area contributed by atoms with E-state index in [1.54, 1.807) is 6.07 Å². The predicted molar refractivity (Wildman–Crippen MR) is 76.9 cm³/mol. The fourth-order valence-corrected chi connectivity index (χ4v) is 3.18. The fraction of sp³-hybridized carbons (Fsp3) is 0.600. The molecule has 18 heavy (non-hydrogen) atoms. The molecule has 2 unspecified atom stereocenters. The number of hydrogen-bond donors (Lipinski definition) is 1. The number of benzene rings is 1. The molecule has 1 fully saturated rings. The molecule has 1 aromatic carbocycles. The lowest BCUT2D eigenvalue weighted by Crippen LogP contribution is -2.29. The van der Waals surface area contributed by atoms with E-state index in [4.69, 9.17) is 0 Å². The van der Waals surface area contributed by atoms with E-state index in [1.807, 2.05) is 6.07 Å².